The van der Waals surface area contributed by atoms with Crippen molar-refractivity contribution < 1.29 is 23.1 Å². The first-order valence-electron chi connectivity index (χ1n) is 10.1. The zero-order valence-electron chi connectivity index (χ0n) is 18.3. The summed E-state index contributed by atoms with van der Waals surface area (Å²) in [6.07, 6.45) is 0.162. The monoisotopic (exact) mass is 470 g/mol. The van der Waals surface area contributed by atoms with Gasteiger partial charge in [-0.3, -0.25) is 0 Å². The van der Waals surface area contributed by atoms with E-state index in [4.69, 9.17) is 10.9 Å². The Balaban J connectivity index is 1.99. The number of hydrazone groups is 1. The Bertz CT molecular complexity index is 1260. The van der Waals surface area contributed by atoms with Gasteiger partial charge in [0, 0.05) is 37.0 Å². The van der Waals surface area contributed by atoms with E-state index in [9.17, 15) is 13.2 Å². The van der Waals surface area contributed by atoms with Gasteiger partial charge in [-0.25, -0.2) is 17.9 Å². The molecule has 0 bridgehead atoms. The molecule has 0 radical (unpaired) electrons. The van der Waals surface area contributed by atoms with Gasteiger partial charge in [0.25, 0.3) is 0 Å². The van der Waals surface area contributed by atoms with E-state index in [-0.39, 0.29) is 17.9 Å². The Morgan fingerprint density at radius 3 is 2.42 bits per heavy atom. The van der Waals surface area contributed by atoms with E-state index in [0.717, 1.165) is 16.6 Å². The summed E-state index contributed by atoms with van der Waals surface area (Å²) >= 11 is 0. The number of nitrogens with one attached hydrogen (secondary N) is 1. The number of rotatable bonds is 9. The third-order valence-electron chi connectivity index (χ3n) is 5.12. The van der Waals surface area contributed by atoms with Crippen molar-refractivity contribution >= 4 is 38.9 Å². The van der Waals surface area contributed by atoms with E-state index in [1.165, 1.54) is 6.21 Å². The maximum absolute atomic E-state index is 13.5. The second kappa shape index (κ2) is 10.3. The van der Waals surface area contributed by atoms with Crippen LogP contribution in [0.1, 0.15) is 23.6 Å². The largest absolute Gasteiger partial charge is 0.505 e. The molecule has 0 aliphatic carbocycles. The lowest BCUT2D eigenvalue weighted by molar-refractivity contribution is 0.0885. The molecule has 0 aromatic heterocycles. The van der Waals surface area contributed by atoms with Crippen molar-refractivity contribution in [2.45, 2.75) is 17.4 Å². The second-order valence-corrected chi connectivity index (χ2v) is 9.23. The zero-order valence-corrected chi connectivity index (χ0v) is 19.1. The lowest BCUT2D eigenvalue weighted by atomic mass is 10.0. The molecule has 10 heteroatoms. The number of fused-ring (bicyclic) bond motifs is 1. The van der Waals surface area contributed by atoms with Crippen LogP contribution in [0.2, 0.25) is 0 Å². The highest BCUT2D eigenvalue weighted by Gasteiger charge is 2.24. The summed E-state index contributed by atoms with van der Waals surface area (Å²) in [4.78, 5) is 12.8. The smallest absolute Gasteiger partial charge is 0.450 e. The van der Waals surface area contributed by atoms with Crippen LogP contribution in [-0.4, -0.2) is 46.6 Å². The van der Waals surface area contributed by atoms with Crippen molar-refractivity contribution in [1.82, 2.24) is 4.72 Å². The van der Waals surface area contributed by atoms with Crippen molar-refractivity contribution in [3.8, 4) is 0 Å². The molecule has 0 aliphatic rings. The Labute approximate surface area is 192 Å². The van der Waals surface area contributed by atoms with Crippen molar-refractivity contribution in [2.75, 3.05) is 25.6 Å². The number of anilines is 1. The first-order valence-corrected chi connectivity index (χ1v) is 11.6. The summed E-state index contributed by atoms with van der Waals surface area (Å²) < 4.78 is 34.3. The maximum atomic E-state index is 13.5. The van der Waals surface area contributed by atoms with Crippen LogP contribution in [0.3, 0.4) is 0 Å². The normalized spacial score (nSPS) is 12.7. The van der Waals surface area contributed by atoms with E-state index in [2.05, 4.69) is 14.6 Å². The molecule has 3 aromatic carbocycles. The van der Waals surface area contributed by atoms with E-state index >= 15 is 0 Å². The summed E-state index contributed by atoms with van der Waals surface area (Å²) in [5.74, 6) is 5.18. The summed E-state index contributed by atoms with van der Waals surface area (Å²) in [5.41, 5.74) is 2.29. The minimum Gasteiger partial charge on any atom is -0.450 e. The van der Waals surface area contributed by atoms with Gasteiger partial charge >= 0.3 is 6.16 Å². The van der Waals surface area contributed by atoms with Gasteiger partial charge in [0.05, 0.1) is 23.8 Å². The molecule has 33 heavy (non-hydrogen) atoms. The minimum absolute atomic E-state index is 0.115. The predicted octanol–water partition coefficient (Wildman–Crippen LogP) is 3.30. The van der Waals surface area contributed by atoms with Gasteiger partial charge in [0.1, 0.15) is 0 Å². The van der Waals surface area contributed by atoms with Gasteiger partial charge in [-0.15, -0.1) is 0 Å². The van der Waals surface area contributed by atoms with Crippen LogP contribution in [0, 0.1) is 0 Å². The molecule has 0 saturated carbocycles. The number of nitrogens with two attached hydrogens (primary N) is 1. The van der Waals surface area contributed by atoms with Crippen LogP contribution in [-0.2, 0) is 14.8 Å². The highest BCUT2D eigenvalue weighted by Crippen LogP contribution is 2.31. The average molecular weight is 471 g/mol. The van der Waals surface area contributed by atoms with Gasteiger partial charge in [-0.05, 0) is 23.3 Å². The van der Waals surface area contributed by atoms with Crippen molar-refractivity contribution in [3.63, 3.8) is 0 Å². The summed E-state index contributed by atoms with van der Waals surface area (Å²) in [6, 6.07) is 16.9. The molecule has 3 rings (SSSR count). The summed E-state index contributed by atoms with van der Waals surface area (Å²) in [6.45, 7) is -0.172. The maximum Gasteiger partial charge on any atom is 0.505 e. The van der Waals surface area contributed by atoms with Gasteiger partial charge in [-0.2, -0.15) is 5.10 Å². The molecule has 0 aliphatic heterocycles. The lowest BCUT2D eigenvalue weighted by Gasteiger charge is -2.21. The Hall–Kier alpha value is -3.63. The molecular weight excluding hydrogens is 444 g/mol. The average Bonchev–Trinajstić information content (AvgIpc) is 2.78. The van der Waals surface area contributed by atoms with Crippen LogP contribution in [0.15, 0.2) is 70.7 Å². The van der Waals surface area contributed by atoms with Gasteiger partial charge in [0.15, 0.2) is 0 Å². The summed E-state index contributed by atoms with van der Waals surface area (Å²) in [7, 11) is -0.176. The Morgan fingerprint density at radius 1 is 1.12 bits per heavy atom. The SMILES string of the molecule is CN(C)c1cccc2c(S(=O)(=O)NC(CCOC(=O)O)c3ccc(C=NN)cc3)cccc12. The molecular formula is C23H26N4O5S. The molecule has 1 unspecified atom stereocenters. The molecule has 1 atom stereocenters. The van der Waals surface area contributed by atoms with Crippen molar-refractivity contribution in [1.29, 1.82) is 0 Å². The van der Waals surface area contributed by atoms with Crippen LogP contribution in [0.25, 0.3) is 10.8 Å². The first kappa shape index (κ1) is 24.0. The highest BCUT2D eigenvalue weighted by atomic mass is 32.2. The molecule has 4 N–H and O–H groups in total. The first-order chi connectivity index (χ1) is 15.7. The van der Waals surface area contributed by atoms with Crippen molar-refractivity contribution in [3.05, 3.63) is 71.8 Å². The van der Waals surface area contributed by atoms with E-state index < -0.39 is 22.2 Å². The third kappa shape index (κ3) is 5.79. The number of hydrogen-bond acceptors (Lipinski definition) is 7. The number of benzene rings is 3. The fraction of sp³-hybridized carbons (Fsp3) is 0.217. The number of carboxylic acid groups (broad SMARTS) is 1. The molecule has 0 saturated heterocycles. The van der Waals surface area contributed by atoms with Gasteiger partial charge in [0.2, 0.25) is 10.0 Å². The topological polar surface area (TPSA) is 134 Å². The minimum atomic E-state index is -3.97. The Kier molecular flexibility index (Phi) is 7.52. The standard InChI is InChI=1S/C23H26N4O5S/c1-27(2)21-7-3-6-19-18(21)5-4-8-22(19)33(30,31)26-20(13-14-32-23(28)29)17-11-9-16(10-12-17)15-25-24/h3-12,15,20,26H,13-14,24H2,1-2H3,(H,28,29). The lowest BCUT2D eigenvalue weighted by Crippen LogP contribution is -2.30. The number of hydrogen-bond donors (Lipinski definition) is 3. The van der Waals surface area contributed by atoms with E-state index in [1.54, 1.807) is 42.5 Å². The zero-order chi connectivity index (χ0) is 24.0. The van der Waals surface area contributed by atoms with E-state index in [1.807, 2.05) is 37.2 Å². The number of sulfonamides is 1. The molecule has 174 valence electrons. The molecule has 3 aromatic rings. The number of nitrogens with zero attached hydrogens (tertiary/aromatic N) is 2. The van der Waals surface area contributed by atoms with Gasteiger partial charge in [-0.1, -0.05) is 48.5 Å². The fourth-order valence-electron chi connectivity index (χ4n) is 3.60. The second-order valence-electron chi connectivity index (χ2n) is 7.54. The van der Waals surface area contributed by atoms with Crippen LogP contribution in [0.4, 0.5) is 10.5 Å². The quantitative estimate of drug-likeness (QED) is 0.189. The fourth-order valence-corrected chi connectivity index (χ4v) is 5.08. The van der Waals surface area contributed by atoms with E-state index in [0.29, 0.717) is 10.9 Å². The molecule has 0 heterocycles. The predicted molar refractivity (Wildman–Crippen MR) is 128 cm³/mol. The highest BCUT2D eigenvalue weighted by molar-refractivity contribution is 7.89. The van der Waals surface area contributed by atoms with Crippen LogP contribution < -0.4 is 15.5 Å². The number of ether oxygens (including phenoxy) is 1. The number of carbonyl (C=O) groups is 1. The molecule has 0 fully saturated rings. The van der Waals surface area contributed by atoms with Gasteiger partial charge < -0.3 is 20.6 Å². The molecule has 0 spiro atoms. The Morgan fingerprint density at radius 2 is 1.79 bits per heavy atom. The van der Waals surface area contributed by atoms with Crippen LogP contribution >= 0.6 is 0 Å². The molecule has 0 amide bonds. The third-order valence-corrected chi connectivity index (χ3v) is 6.65. The van der Waals surface area contributed by atoms with Crippen LogP contribution in [0.5, 0.6) is 0 Å². The summed E-state index contributed by atoms with van der Waals surface area (Å²) in [5, 5.41) is 13.7. The molecule has 9 nitrogen and oxygen atoms in total. The van der Waals surface area contributed by atoms with Crippen molar-refractivity contribution in [2.24, 2.45) is 10.9 Å².